The molecule has 0 radical (unpaired) electrons. The Bertz CT molecular complexity index is 961. The van der Waals surface area contributed by atoms with Gasteiger partial charge in [-0.05, 0) is 49.7 Å². The molecule has 164 valence electrons. The molecule has 8 heteroatoms. The first-order valence-corrected chi connectivity index (χ1v) is 10.8. The maximum Gasteiger partial charge on any atom is 0.238 e. The number of aromatic nitrogens is 2. The summed E-state index contributed by atoms with van der Waals surface area (Å²) in [4.78, 5) is 21.3. The third-order valence-electron chi connectivity index (χ3n) is 5.49. The van der Waals surface area contributed by atoms with Crippen LogP contribution < -0.4 is 10.2 Å². The van der Waals surface area contributed by atoms with Gasteiger partial charge in [-0.3, -0.25) is 9.69 Å². The number of amides is 1. The van der Waals surface area contributed by atoms with Crippen molar-refractivity contribution in [3.05, 3.63) is 54.1 Å². The molecule has 1 aromatic carbocycles. The maximum atomic E-state index is 12.1. The van der Waals surface area contributed by atoms with Crippen molar-refractivity contribution >= 4 is 11.6 Å². The van der Waals surface area contributed by atoms with Crippen molar-refractivity contribution in [2.45, 2.75) is 26.2 Å². The molecule has 4 rings (SSSR count). The molecular formula is C23H29N5O3. The number of hydrogen-bond acceptors (Lipinski definition) is 7. The third kappa shape index (κ3) is 5.95. The zero-order valence-electron chi connectivity index (χ0n) is 17.9. The van der Waals surface area contributed by atoms with Gasteiger partial charge in [0.05, 0.1) is 6.26 Å². The first-order chi connectivity index (χ1) is 15.2. The molecule has 0 bridgehead atoms. The van der Waals surface area contributed by atoms with Crippen LogP contribution in [0.4, 0.5) is 5.69 Å². The van der Waals surface area contributed by atoms with Gasteiger partial charge in [-0.2, -0.15) is 4.98 Å². The van der Waals surface area contributed by atoms with E-state index < -0.39 is 0 Å². The second-order valence-electron chi connectivity index (χ2n) is 7.86. The van der Waals surface area contributed by atoms with Crippen molar-refractivity contribution in [1.29, 1.82) is 0 Å². The highest BCUT2D eigenvalue weighted by molar-refractivity contribution is 5.75. The molecule has 1 fully saturated rings. The highest BCUT2D eigenvalue weighted by atomic mass is 16.5. The predicted octanol–water partition coefficient (Wildman–Crippen LogP) is 2.90. The van der Waals surface area contributed by atoms with Gasteiger partial charge in [-0.1, -0.05) is 17.3 Å². The average Bonchev–Trinajstić information content (AvgIpc) is 3.48. The van der Waals surface area contributed by atoms with E-state index in [0.29, 0.717) is 36.9 Å². The summed E-state index contributed by atoms with van der Waals surface area (Å²) < 4.78 is 10.4. The minimum Gasteiger partial charge on any atom is -0.461 e. The summed E-state index contributed by atoms with van der Waals surface area (Å²) in [5, 5.41) is 6.86. The average molecular weight is 424 g/mol. The second-order valence-corrected chi connectivity index (χ2v) is 7.86. The van der Waals surface area contributed by atoms with E-state index in [9.17, 15) is 4.79 Å². The SMILES string of the molecule is Cc1cccc(N2CCN(CCCNC(=O)CCc3nc(-c4ccco4)no3)CC2)c1. The molecule has 8 nitrogen and oxygen atoms in total. The van der Waals surface area contributed by atoms with Crippen molar-refractivity contribution in [2.75, 3.05) is 44.2 Å². The minimum atomic E-state index is 0.00187. The maximum absolute atomic E-state index is 12.1. The number of anilines is 1. The lowest BCUT2D eigenvalue weighted by Crippen LogP contribution is -2.47. The number of benzene rings is 1. The van der Waals surface area contributed by atoms with Gasteiger partial charge < -0.3 is 19.2 Å². The lowest BCUT2D eigenvalue weighted by Gasteiger charge is -2.36. The Labute approximate surface area is 182 Å². The number of nitrogens with zero attached hydrogens (tertiary/aromatic N) is 4. The van der Waals surface area contributed by atoms with Gasteiger partial charge in [0.1, 0.15) is 0 Å². The highest BCUT2D eigenvalue weighted by Gasteiger charge is 2.17. The molecule has 0 atom stereocenters. The molecule has 1 N–H and O–H groups in total. The number of nitrogens with one attached hydrogen (secondary N) is 1. The van der Waals surface area contributed by atoms with Crippen molar-refractivity contribution in [3.63, 3.8) is 0 Å². The Morgan fingerprint density at radius 3 is 2.81 bits per heavy atom. The molecular weight excluding hydrogens is 394 g/mol. The number of furan rings is 1. The summed E-state index contributed by atoms with van der Waals surface area (Å²) in [7, 11) is 0. The molecule has 3 aromatic rings. The van der Waals surface area contributed by atoms with Gasteiger partial charge in [0.15, 0.2) is 5.76 Å². The molecule has 1 saturated heterocycles. The van der Waals surface area contributed by atoms with Gasteiger partial charge in [-0.25, -0.2) is 0 Å². The molecule has 0 unspecified atom stereocenters. The fourth-order valence-electron chi connectivity index (χ4n) is 3.76. The smallest absolute Gasteiger partial charge is 0.238 e. The predicted molar refractivity (Wildman–Crippen MR) is 118 cm³/mol. The van der Waals surface area contributed by atoms with Crippen LogP contribution in [0.25, 0.3) is 11.6 Å². The van der Waals surface area contributed by atoms with Crippen LogP contribution in [0.15, 0.2) is 51.6 Å². The van der Waals surface area contributed by atoms with Crippen molar-refractivity contribution in [2.24, 2.45) is 0 Å². The zero-order valence-corrected chi connectivity index (χ0v) is 17.9. The molecule has 0 spiro atoms. The van der Waals surface area contributed by atoms with E-state index in [1.54, 1.807) is 18.4 Å². The molecule has 3 heterocycles. The Kier molecular flexibility index (Phi) is 6.99. The molecule has 1 amide bonds. The summed E-state index contributed by atoms with van der Waals surface area (Å²) in [6.07, 6.45) is 3.25. The van der Waals surface area contributed by atoms with E-state index in [-0.39, 0.29) is 5.91 Å². The van der Waals surface area contributed by atoms with Crippen molar-refractivity contribution in [1.82, 2.24) is 20.4 Å². The summed E-state index contributed by atoms with van der Waals surface area (Å²) in [6.45, 7) is 8.00. The van der Waals surface area contributed by atoms with Crippen molar-refractivity contribution in [3.8, 4) is 11.6 Å². The van der Waals surface area contributed by atoms with Crippen molar-refractivity contribution < 1.29 is 13.7 Å². The highest BCUT2D eigenvalue weighted by Crippen LogP contribution is 2.18. The number of piperazine rings is 1. The standard InChI is InChI=1S/C23H29N5O3/c1-18-5-2-6-19(17-18)28-14-12-27(13-15-28)11-4-10-24-21(29)8-9-22-25-23(26-31-22)20-7-3-16-30-20/h2-3,5-7,16-17H,4,8-15H2,1H3,(H,24,29). The van der Waals surface area contributed by atoms with E-state index in [2.05, 4.69) is 56.4 Å². The van der Waals surface area contributed by atoms with Crippen LogP contribution in [-0.4, -0.2) is 60.2 Å². The first kappa shape index (κ1) is 21.1. The lowest BCUT2D eigenvalue weighted by atomic mass is 10.2. The number of carbonyl (C=O) groups is 1. The third-order valence-corrected chi connectivity index (χ3v) is 5.49. The largest absolute Gasteiger partial charge is 0.461 e. The van der Waals surface area contributed by atoms with E-state index in [0.717, 1.165) is 39.1 Å². The summed E-state index contributed by atoms with van der Waals surface area (Å²) in [6, 6.07) is 12.2. The molecule has 2 aromatic heterocycles. The summed E-state index contributed by atoms with van der Waals surface area (Å²) in [5.74, 6) is 1.40. The minimum absolute atomic E-state index is 0.00187. The Hall–Kier alpha value is -3.13. The van der Waals surface area contributed by atoms with Crippen LogP contribution in [0.2, 0.25) is 0 Å². The number of aryl methyl sites for hydroxylation is 2. The monoisotopic (exact) mass is 423 g/mol. The van der Waals surface area contributed by atoms with Crippen LogP contribution in [0.3, 0.4) is 0 Å². The van der Waals surface area contributed by atoms with Gasteiger partial charge in [0.25, 0.3) is 0 Å². The Morgan fingerprint density at radius 1 is 1.16 bits per heavy atom. The van der Waals surface area contributed by atoms with Gasteiger partial charge in [-0.15, -0.1) is 0 Å². The Balaban J connectivity index is 1.09. The van der Waals surface area contributed by atoms with Crippen LogP contribution >= 0.6 is 0 Å². The van der Waals surface area contributed by atoms with Gasteiger partial charge in [0.2, 0.25) is 17.6 Å². The van der Waals surface area contributed by atoms with Crippen LogP contribution in [-0.2, 0) is 11.2 Å². The fourth-order valence-corrected chi connectivity index (χ4v) is 3.76. The topological polar surface area (TPSA) is 87.6 Å². The van der Waals surface area contributed by atoms with Crippen LogP contribution in [0, 0.1) is 6.92 Å². The van der Waals surface area contributed by atoms with E-state index in [1.165, 1.54) is 11.3 Å². The summed E-state index contributed by atoms with van der Waals surface area (Å²) >= 11 is 0. The zero-order chi connectivity index (χ0) is 21.5. The quantitative estimate of drug-likeness (QED) is 0.530. The van der Waals surface area contributed by atoms with Gasteiger partial charge >= 0.3 is 0 Å². The van der Waals surface area contributed by atoms with E-state index >= 15 is 0 Å². The van der Waals surface area contributed by atoms with Gasteiger partial charge in [0, 0.05) is 51.3 Å². The molecule has 1 aliphatic rings. The molecule has 0 aliphatic carbocycles. The number of rotatable bonds is 9. The fraction of sp³-hybridized carbons (Fsp3) is 0.435. The molecule has 0 saturated carbocycles. The lowest BCUT2D eigenvalue weighted by molar-refractivity contribution is -0.121. The number of carbonyl (C=O) groups excluding carboxylic acids is 1. The van der Waals surface area contributed by atoms with Crippen LogP contribution in [0.5, 0.6) is 0 Å². The Morgan fingerprint density at radius 2 is 2.03 bits per heavy atom. The normalized spacial score (nSPS) is 14.7. The summed E-state index contributed by atoms with van der Waals surface area (Å²) in [5.41, 5.74) is 2.61. The van der Waals surface area contributed by atoms with E-state index in [4.69, 9.17) is 8.94 Å². The first-order valence-electron chi connectivity index (χ1n) is 10.8. The second kappa shape index (κ2) is 10.3. The van der Waals surface area contributed by atoms with Crippen LogP contribution in [0.1, 0.15) is 24.3 Å². The number of hydrogen-bond donors (Lipinski definition) is 1. The van der Waals surface area contributed by atoms with E-state index in [1.807, 2.05) is 0 Å². The molecule has 1 aliphatic heterocycles. The molecule has 31 heavy (non-hydrogen) atoms.